The van der Waals surface area contributed by atoms with E-state index in [1.807, 2.05) is 12.1 Å². The van der Waals surface area contributed by atoms with Gasteiger partial charge in [-0.25, -0.2) is 0 Å². The molecule has 0 saturated carbocycles. The predicted octanol–water partition coefficient (Wildman–Crippen LogP) is 2.23. The Hall–Kier alpha value is -1.95. The van der Waals surface area contributed by atoms with Gasteiger partial charge in [0.2, 0.25) is 0 Å². The van der Waals surface area contributed by atoms with Gasteiger partial charge in [0.05, 0.1) is 29.2 Å². The molecule has 0 spiro atoms. The monoisotopic (exact) mass is 273 g/mol. The Kier molecular flexibility index (Phi) is 2.48. The predicted molar refractivity (Wildman–Crippen MR) is 67.5 cm³/mol. The minimum absolute atomic E-state index is 0.177. The molecule has 0 saturated heterocycles. The molecule has 1 unspecified atom stereocenters. The van der Waals surface area contributed by atoms with Gasteiger partial charge in [-0.2, -0.15) is 0 Å². The molecular weight excluding hydrogens is 264 g/mol. The Morgan fingerprint density at radius 3 is 2.95 bits per heavy atom. The third kappa shape index (κ3) is 1.88. The smallest absolute Gasteiger partial charge is 0.191 e. The van der Waals surface area contributed by atoms with Gasteiger partial charge >= 0.3 is 0 Å². The highest BCUT2D eigenvalue weighted by atomic mass is 32.2. The third-order valence-corrected chi connectivity index (χ3v) is 3.98. The average molecular weight is 273 g/mol. The zero-order valence-corrected chi connectivity index (χ0v) is 10.6. The van der Waals surface area contributed by atoms with Crippen LogP contribution in [0.15, 0.2) is 29.4 Å². The van der Waals surface area contributed by atoms with E-state index in [9.17, 15) is 0 Å². The van der Waals surface area contributed by atoms with E-state index in [2.05, 4.69) is 16.2 Å². The van der Waals surface area contributed by atoms with Gasteiger partial charge in [-0.3, -0.25) is 9.97 Å². The van der Waals surface area contributed by atoms with Gasteiger partial charge in [0.15, 0.2) is 22.7 Å². The number of nitrogens with zero attached hydrogens (tertiary/aromatic N) is 2. The largest absolute Gasteiger partial charge is 0.486 e. The fourth-order valence-electron chi connectivity index (χ4n) is 1.98. The minimum Gasteiger partial charge on any atom is -0.486 e. The maximum Gasteiger partial charge on any atom is 0.191 e. The van der Waals surface area contributed by atoms with Crippen molar-refractivity contribution in [3.05, 3.63) is 36.4 Å². The van der Waals surface area contributed by atoms with E-state index in [1.165, 1.54) is 0 Å². The highest BCUT2D eigenvalue weighted by molar-refractivity contribution is 7.99. The molecule has 95 valence electrons. The van der Waals surface area contributed by atoms with E-state index in [0.29, 0.717) is 19.0 Å². The minimum atomic E-state index is -0.177. The molecule has 2 aromatic heterocycles. The van der Waals surface area contributed by atoms with Crippen LogP contribution in [0.5, 0.6) is 17.2 Å². The molecule has 0 fully saturated rings. The van der Waals surface area contributed by atoms with Crippen LogP contribution >= 0.6 is 11.8 Å². The maximum atomic E-state index is 5.81. The summed E-state index contributed by atoms with van der Waals surface area (Å²) in [6.45, 7) is 1.13. The van der Waals surface area contributed by atoms with Crippen LogP contribution in [0.4, 0.5) is 0 Å². The van der Waals surface area contributed by atoms with Crippen molar-refractivity contribution in [3.8, 4) is 17.2 Å². The first-order valence-electron chi connectivity index (χ1n) is 5.85. The maximum absolute atomic E-state index is 5.81. The van der Waals surface area contributed by atoms with Crippen molar-refractivity contribution in [1.29, 1.82) is 0 Å². The topological polar surface area (TPSA) is 53.5 Å². The van der Waals surface area contributed by atoms with Crippen LogP contribution in [-0.4, -0.2) is 23.2 Å². The number of thioether (sulfide) groups is 1. The van der Waals surface area contributed by atoms with E-state index in [1.54, 1.807) is 24.2 Å². The van der Waals surface area contributed by atoms with Crippen LogP contribution in [0.25, 0.3) is 0 Å². The van der Waals surface area contributed by atoms with Crippen LogP contribution < -0.4 is 14.2 Å². The summed E-state index contributed by atoms with van der Waals surface area (Å²) in [5.74, 6) is 2.18. The Bertz CT molecular complexity index is 610. The Labute approximate surface area is 113 Å². The molecule has 2 aromatic rings. The summed E-state index contributed by atoms with van der Waals surface area (Å²) in [4.78, 5) is 9.33. The Balaban J connectivity index is 1.64. The molecule has 0 N–H and O–H groups in total. The first kappa shape index (κ1) is 10.9. The molecule has 2 aliphatic rings. The molecule has 19 heavy (non-hydrogen) atoms. The summed E-state index contributed by atoms with van der Waals surface area (Å²) in [6, 6.07) is 3.69. The van der Waals surface area contributed by atoms with Crippen LogP contribution in [-0.2, 0) is 0 Å². The number of rotatable bonds is 1. The van der Waals surface area contributed by atoms with Crippen LogP contribution in [0.3, 0.4) is 0 Å². The van der Waals surface area contributed by atoms with Gasteiger partial charge in [-0.05, 0) is 6.07 Å². The van der Waals surface area contributed by atoms with Crippen molar-refractivity contribution in [2.24, 2.45) is 0 Å². The molecule has 0 bridgehead atoms. The SMILES string of the molecule is [c]1cc2c(cn1)OC(c1cc3c(cn1)OCCO3)S2. The number of hydrogen-bond acceptors (Lipinski definition) is 6. The van der Waals surface area contributed by atoms with Gasteiger partial charge in [0, 0.05) is 6.07 Å². The average Bonchev–Trinajstić information content (AvgIpc) is 2.90. The summed E-state index contributed by atoms with van der Waals surface area (Å²) in [5, 5.41) is 0. The molecule has 5 nitrogen and oxygen atoms in total. The molecule has 0 aromatic carbocycles. The van der Waals surface area contributed by atoms with E-state index in [-0.39, 0.29) is 5.44 Å². The van der Waals surface area contributed by atoms with Gasteiger partial charge < -0.3 is 14.2 Å². The lowest BCUT2D eigenvalue weighted by Crippen LogP contribution is -2.16. The molecule has 4 rings (SSSR count). The number of hydrogen-bond donors (Lipinski definition) is 0. The molecule has 0 amide bonds. The first-order valence-corrected chi connectivity index (χ1v) is 6.73. The lowest BCUT2D eigenvalue weighted by atomic mass is 10.3. The summed E-state index contributed by atoms with van der Waals surface area (Å²) >= 11 is 1.59. The molecule has 1 radical (unpaired) electrons. The molecular formula is C13H9N2O3S. The van der Waals surface area contributed by atoms with Crippen molar-refractivity contribution >= 4 is 11.8 Å². The number of ether oxygens (including phenoxy) is 3. The van der Waals surface area contributed by atoms with Crippen LogP contribution in [0.2, 0.25) is 0 Å². The Morgan fingerprint density at radius 1 is 1.16 bits per heavy atom. The summed E-state index contributed by atoms with van der Waals surface area (Å²) < 4.78 is 16.8. The van der Waals surface area contributed by atoms with Gasteiger partial charge in [-0.15, -0.1) is 0 Å². The van der Waals surface area contributed by atoms with E-state index < -0.39 is 0 Å². The Morgan fingerprint density at radius 2 is 2.05 bits per heavy atom. The summed E-state index contributed by atoms with van der Waals surface area (Å²) in [6.07, 6.45) is 6.15. The van der Waals surface area contributed by atoms with E-state index in [0.717, 1.165) is 22.1 Å². The summed E-state index contributed by atoms with van der Waals surface area (Å²) in [7, 11) is 0. The van der Waals surface area contributed by atoms with Crippen molar-refractivity contribution in [2.75, 3.05) is 13.2 Å². The normalized spacial score (nSPS) is 19.7. The zero-order valence-electron chi connectivity index (χ0n) is 9.83. The lowest BCUT2D eigenvalue weighted by Gasteiger charge is -2.19. The fraction of sp³-hybridized carbons (Fsp3) is 0.231. The van der Waals surface area contributed by atoms with Crippen molar-refractivity contribution in [1.82, 2.24) is 9.97 Å². The van der Waals surface area contributed by atoms with Crippen molar-refractivity contribution in [2.45, 2.75) is 10.3 Å². The zero-order chi connectivity index (χ0) is 12.7. The molecule has 1 atom stereocenters. The number of aromatic nitrogens is 2. The van der Waals surface area contributed by atoms with E-state index >= 15 is 0 Å². The standard InChI is InChI=1S/C13H9N2O3S/c1-2-14-6-11-12(1)19-13(18-11)8-5-9-10(7-15-8)17-4-3-16-9/h1,5-7,13H,3-4H2. The number of pyridine rings is 2. The first-order chi connectivity index (χ1) is 9.40. The second kappa shape index (κ2) is 4.31. The molecule has 6 heteroatoms. The third-order valence-electron chi connectivity index (χ3n) is 2.86. The van der Waals surface area contributed by atoms with Crippen molar-refractivity contribution < 1.29 is 14.2 Å². The van der Waals surface area contributed by atoms with Gasteiger partial charge in [0.1, 0.15) is 13.2 Å². The molecule has 0 aliphatic carbocycles. The molecule has 4 heterocycles. The highest BCUT2D eigenvalue weighted by Crippen LogP contribution is 2.48. The van der Waals surface area contributed by atoms with Crippen LogP contribution in [0.1, 0.15) is 11.1 Å². The van der Waals surface area contributed by atoms with Gasteiger partial charge in [0.25, 0.3) is 0 Å². The van der Waals surface area contributed by atoms with E-state index in [4.69, 9.17) is 14.2 Å². The van der Waals surface area contributed by atoms with Crippen LogP contribution in [0, 0.1) is 6.20 Å². The summed E-state index contributed by atoms with van der Waals surface area (Å²) in [5.41, 5.74) is 0.633. The number of fused-ring (bicyclic) bond motifs is 2. The second-order valence-corrected chi connectivity index (χ2v) is 5.18. The van der Waals surface area contributed by atoms with Gasteiger partial charge in [-0.1, -0.05) is 11.8 Å². The lowest BCUT2D eigenvalue weighted by molar-refractivity contribution is 0.169. The second-order valence-electron chi connectivity index (χ2n) is 4.08. The van der Waals surface area contributed by atoms with Crippen molar-refractivity contribution in [3.63, 3.8) is 0 Å². The highest BCUT2D eigenvalue weighted by Gasteiger charge is 2.27. The molecule has 2 aliphatic heterocycles. The fourth-order valence-corrected chi connectivity index (χ4v) is 2.95. The quantitative estimate of drug-likeness (QED) is 0.794.